The minimum absolute atomic E-state index is 0.0797. The molecule has 0 fully saturated rings. The maximum Gasteiger partial charge on any atom is 0.137 e. The fourth-order valence-corrected chi connectivity index (χ4v) is 2.79. The highest BCUT2D eigenvalue weighted by Gasteiger charge is 2.17. The van der Waals surface area contributed by atoms with Crippen molar-refractivity contribution in [2.75, 3.05) is 7.05 Å². The zero-order valence-electron chi connectivity index (χ0n) is 13.0. The Morgan fingerprint density at radius 2 is 1.71 bits per heavy atom. The predicted octanol–water partition coefficient (Wildman–Crippen LogP) is 4.67. The van der Waals surface area contributed by atoms with Crippen molar-refractivity contribution < 1.29 is 4.42 Å². The Balaban J connectivity index is 2.09. The van der Waals surface area contributed by atoms with Crippen LogP contribution in [0.4, 0.5) is 0 Å². The molecule has 3 rings (SSSR count). The van der Waals surface area contributed by atoms with Crippen molar-refractivity contribution in [3.63, 3.8) is 0 Å². The average Bonchev–Trinajstić information content (AvgIpc) is 2.89. The Morgan fingerprint density at radius 1 is 0.905 bits per heavy atom. The second-order valence-electron chi connectivity index (χ2n) is 5.71. The van der Waals surface area contributed by atoms with Crippen molar-refractivity contribution in [2.45, 2.75) is 26.8 Å². The van der Waals surface area contributed by atoms with E-state index in [1.165, 1.54) is 22.3 Å². The van der Waals surface area contributed by atoms with Gasteiger partial charge in [0.1, 0.15) is 11.3 Å². The summed E-state index contributed by atoms with van der Waals surface area (Å²) in [5.74, 6) is 0.963. The maximum atomic E-state index is 6.11. The summed E-state index contributed by atoms with van der Waals surface area (Å²) >= 11 is 0. The summed E-state index contributed by atoms with van der Waals surface area (Å²) in [4.78, 5) is 0. The molecule has 2 heteroatoms. The van der Waals surface area contributed by atoms with Gasteiger partial charge in [0.05, 0.1) is 6.04 Å². The van der Waals surface area contributed by atoms with E-state index in [1.54, 1.807) is 0 Å². The zero-order chi connectivity index (χ0) is 15.0. The number of aryl methyl sites for hydroxylation is 3. The molecule has 0 spiro atoms. The van der Waals surface area contributed by atoms with E-state index in [1.807, 2.05) is 7.05 Å². The molecule has 0 amide bonds. The van der Waals surface area contributed by atoms with E-state index >= 15 is 0 Å². The van der Waals surface area contributed by atoms with Crippen molar-refractivity contribution in [2.24, 2.45) is 0 Å². The average molecular weight is 279 g/mol. The van der Waals surface area contributed by atoms with Gasteiger partial charge >= 0.3 is 0 Å². The van der Waals surface area contributed by atoms with Gasteiger partial charge in [-0.25, -0.2) is 0 Å². The number of nitrogens with one attached hydrogen (secondary N) is 1. The Labute approximate surface area is 125 Å². The fraction of sp³-hybridized carbons (Fsp3) is 0.263. The van der Waals surface area contributed by atoms with Crippen LogP contribution < -0.4 is 5.32 Å². The number of hydrogen-bond acceptors (Lipinski definition) is 2. The van der Waals surface area contributed by atoms with Gasteiger partial charge in [0.15, 0.2) is 0 Å². The Hall–Kier alpha value is -2.06. The SMILES string of the molecule is CNC(c1ccc(C)c(C)c1)c1cc2cccc(C)c2o1. The molecule has 2 nitrogen and oxygen atoms in total. The molecule has 0 saturated carbocycles. The molecule has 3 aromatic rings. The van der Waals surface area contributed by atoms with Gasteiger partial charge < -0.3 is 9.73 Å². The highest BCUT2D eigenvalue weighted by molar-refractivity contribution is 5.81. The number of benzene rings is 2. The summed E-state index contributed by atoms with van der Waals surface area (Å²) in [7, 11) is 1.97. The first-order valence-corrected chi connectivity index (χ1v) is 7.33. The lowest BCUT2D eigenvalue weighted by atomic mass is 9.99. The van der Waals surface area contributed by atoms with E-state index in [2.05, 4.69) is 68.6 Å². The fourth-order valence-electron chi connectivity index (χ4n) is 2.79. The zero-order valence-corrected chi connectivity index (χ0v) is 13.0. The molecule has 1 unspecified atom stereocenters. The first kappa shape index (κ1) is 13.9. The number of hydrogen-bond donors (Lipinski definition) is 1. The second kappa shape index (κ2) is 5.38. The summed E-state index contributed by atoms with van der Waals surface area (Å²) in [5, 5.41) is 4.53. The van der Waals surface area contributed by atoms with Crippen molar-refractivity contribution in [3.05, 3.63) is 70.5 Å². The normalized spacial score (nSPS) is 12.8. The minimum Gasteiger partial charge on any atom is -0.459 e. The lowest BCUT2D eigenvalue weighted by Crippen LogP contribution is -2.17. The van der Waals surface area contributed by atoms with Crippen LogP contribution in [0.3, 0.4) is 0 Å². The van der Waals surface area contributed by atoms with Crippen molar-refractivity contribution in [1.29, 1.82) is 0 Å². The van der Waals surface area contributed by atoms with Gasteiger partial charge in [-0.15, -0.1) is 0 Å². The van der Waals surface area contributed by atoms with Gasteiger partial charge in [-0.05, 0) is 56.1 Å². The molecule has 1 atom stereocenters. The molecule has 0 radical (unpaired) electrons. The molecule has 0 aliphatic heterocycles. The van der Waals surface area contributed by atoms with E-state index in [9.17, 15) is 0 Å². The van der Waals surface area contributed by atoms with Crippen molar-refractivity contribution in [1.82, 2.24) is 5.32 Å². The predicted molar refractivity (Wildman–Crippen MR) is 87.8 cm³/mol. The number of para-hydroxylation sites is 1. The second-order valence-corrected chi connectivity index (χ2v) is 5.71. The Bertz CT molecular complexity index is 785. The van der Waals surface area contributed by atoms with E-state index in [0.717, 1.165) is 16.7 Å². The van der Waals surface area contributed by atoms with Gasteiger partial charge in [-0.3, -0.25) is 0 Å². The minimum atomic E-state index is 0.0797. The van der Waals surface area contributed by atoms with E-state index in [-0.39, 0.29) is 6.04 Å². The van der Waals surface area contributed by atoms with Crippen LogP contribution in [-0.4, -0.2) is 7.05 Å². The first-order valence-electron chi connectivity index (χ1n) is 7.33. The van der Waals surface area contributed by atoms with Crippen LogP contribution in [0.5, 0.6) is 0 Å². The quantitative estimate of drug-likeness (QED) is 0.754. The molecule has 0 bridgehead atoms. The molecule has 1 aromatic heterocycles. The summed E-state index contributed by atoms with van der Waals surface area (Å²) < 4.78 is 6.11. The molecule has 21 heavy (non-hydrogen) atoms. The summed E-state index contributed by atoms with van der Waals surface area (Å²) in [5.41, 5.74) is 6.01. The molecule has 2 aromatic carbocycles. The van der Waals surface area contributed by atoms with Gasteiger partial charge in [-0.1, -0.05) is 36.4 Å². The maximum absolute atomic E-state index is 6.11. The van der Waals surface area contributed by atoms with Gasteiger partial charge in [-0.2, -0.15) is 0 Å². The van der Waals surface area contributed by atoms with Crippen LogP contribution in [0.25, 0.3) is 11.0 Å². The molecule has 0 saturated heterocycles. The van der Waals surface area contributed by atoms with Crippen LogP contribution in [0.15, 0.2) is 46.9 Å². The Kier molecular flexibility index (Phi) is 3.56. The molecule has 0 aliphatic carbocycles. The largest absolute Gasteiger partial charge is 0.459 e. The topological polar surface area (TPSA) is 25.2 Å². The number of furan rings is 1. The van der Waals surface area contributed by atoms with E-state index in [0.29, 0.717) is 0 Å². The summed E-state index contributed by atoms with van der Waals surface area (Å²) in [6.45, 7) is 6.37. The van der Waals surface area contributed by atoms with Crippen LogP contribution in [0.1, 0.15) is 34.1 Å². The standard InChI is InChI=1S/C19H21NO/c1-12-8-9-15(10-14(12)3)18(20-4)17-11-16-7-5-6-13(2)19(16)21-17/h5-11,18,20H,1-4H3. The lowest BCUT2D eigenvalue weighted by molar-refractivity contribution is 0.490. The van der Waals surface area contributed by atoms with Crippen molar-refractivity contribution in [3.8, 4) is 0 Å². The Morgan fingerprint density at radius 3 is 2.38 bits per heavy atom. The third-order valence-electron chi connectivity index (χ3n) is 4.20. The highest BCUT2D eigenvalue weighted by atomic mass is 16.3. The summed E-state index contributed by atoms with van der Waals surface area (Å²) in [6, 6.07) is 15.0. The molecule has 1 N–H and O–H groups in total. The van der Waals surface area contributed by atoms with Crippen LogP contribution in [0.2, 0.25) is 0 Å². The van der Waals surface area contributed by atoms with E-state index in [4.69, 9.17) is 4.42 Å². The third kappa shape index (κ3) is 2.47. The van der Waals surface area contributed by atoms with Gasteiger partial charge in [0.2, 0.25) is 0 Å². The first-order chi connectivity index (χ1) is 10.1. The molecule has 0 aliphatic rings. The monoisotopic (exact) mass is 279 g/mol. The van der Waals surface area contributed by atoms with Crippen LogP contribution in [0, 0.1) is 20.8 Å². The molecular formula is C19H21NO. The number of rotatable bonds is 3. The van der Waals surface area contributed by atoms with Gasteiger partial charge in [0.25, 0.3) is 0 Å². The molecular weight excluding hydrogens is 258 g/mol. The lowest BCUT2D eigenvalue weighted by Gasteiger charge is -2.15. The highest BCUT2D eigenvalue weighted by Crippen LogP contribution is 2.30. The van der Waals surface area contributed by atoms with E-state index < -0.39 is 0 Å². The van der Waals surface area contributed by atoms with Gasteiger partial charge in [0, 0.05) is 5.39 Å². The number of fused-ring (bicyclic) bond motifs is 1. The van der Waals surface area contributed by atoms with Crippen molar-refractivity contribution >= 4 is 11.0 Å². The third-order valence-corrected chi connectivity index (χ3v) is 4.20. The summed E-state index contributed by atoms with van der Waals surface area (Å²) in [6.07, 6.45) is 0. The smallest absolute Gasteiger partial charge is 0.137 e. The molecule has 1 heterocycles. The van der Waals surface area contributed by atoms with Crippen LogP contribution in [-0.2, 0) is 0 Å². The molecule has 108 valence electrons. The van der Waals surface area contributed by atoms with Crippen LogP contribution >= 0.6 is 0 Å².